The van der Waals surface area contributed by atoms with E-state index in [-0.39, 0.29) is 29.8 Å². The lowest BCUT2D eigenvalue weighted by Gasteiger charge is -2.07. The zero-order chi connectivity index (χ0) is 19.5. The maximum atomic E-state index is 13.8. The number of pyridine rings is 1. The number of nitrogens with zero attached hydrogens (tertiary/aromatic N) is 1. The van der Waals surface area contributed by atoms with E-state index in [1.165, 1.54) is 36.4 Å². The maximum Gasteiger partial charge on any atom is 0.267 e. The molecule has 0 aliphatic carbocycles. The van der Waals surface area contributed by atoms with Gasteiger partial charge >= 0.3 is 0 Å². The summed E-state index contributed by atoms with van der Waals surface area (Å²) in [5.41, 5.74) is 1.60. The molecule has 0 aliphatic rings. The number of fused-ring (bicyclic) bond motifs is 1. The molecule has 5 nitrogen and oxygen atoms in total. The fraction of sp³-hybridized carbons (Fsp3) is 0.0476. The van der Waals surface area contributed by atoms with Crippen molar-refractivity contribution >= 4 is 16.8 Å². The van der Waals surface area contributed by atoms with Gasteiger partial charge in [-0.15, -0.1) is 0 Å². The standard InChI is InChI=1S/C21H15F2N3O2/c22-14-4-6-15(7-5-14)28-20-10-13(8-9-24-20)12-25-21(27)19-11-16-17(23)2-1-3-18(16)26-19/h1-11,26H,12H2,(H,25,27). The molecule has 0 saturated carbocycles. The molecule has 0 spiro atoms. The third-order valence-electron chi connectivity index (χ3n) is 4.14. The number of hydrogen-bond acceptors (Lipinski definition) is 3. The average molecular weight is 379 g/mol. The molecule has 0 unspecified atom stereocenters. The van der Waals surface area contributed by atoms with Crippen LogP contribution in [0.1, 0.15) is 16.1 Å². The highest BCUT2D eigenvalue weighted by molar-refractivity contribution is 5.98. The van der Waals surface area contributed by atoms with Crippen LogP contribution in [0.25, 0.3) is 10.9 Å². The fourth-order valence-corrected chi connectivity index (χ4v) is 2.76. The Hall–Kier alpha value is -3.74. The van der Waals surface area contributed by atoms with Crippen LogP contribution in [0.2, 0.25) is 0 Å². The van der Waals surface area contributed by atoms with Crippen LogP contribution in [0.3, 0.4) is 0 Å². The highest BCUT2D eigenvalue weighted by atomic mass is 19.1. The summed E-state index contributed by atoms with van der Waals surface area (Å²) in [5, 5.41) is 3.14. The van der Waals surface area contributed by atoms with E-state index < -0.39 is 0 Å². The Labute approximate surface area is 159 Å². The number of hydrogen-bond donors (Lipinski definition) is 2. The van der Waals surface area contributed by atoms with Crippen LogP contribution in [0, 0.1) is 11.6 Å². The quantitative estimate of drug-likeness (QED) is 0.534. The van der Waals surface area contributed by atoms with Crippen LogP contribution in [0.15, 0.2) is 66.9 Å². The zero-order valence-corrected chi connectivity index (χ0v) is 14.6. The molecular weight excluding hydrogens is 364 g/mol. The van der Waals surface area contributed by atoms with Crippen molar-refractivity contribution in [1.82, 2.24) is 15.3 Å². The average Bonchev–Trinajstić information content (AvgIpc) is 3.14. The number of nitrogens with one attached hydrogen (secondary N) is 2. The van der Waals surface area contributed by atoms with Gasteiger partial charge in [-0.2, -0.15) is 0 Å². The molecule has 140 valence electrons. The lowest BCUT2D eigenvalue weighted by atomic mass is 10.2. The summed E-state index contributed by atoms with van der Waals surface area (Å²) >= 11 is 0. The predicted molar refractivity (Wildman–Crippen MR) is 100 cm³/mol. The Bertz CT molecular complexity index is 1140. The predicted octanol–water partition coefficient (Wildman–Crippen LogP) is 4.56. The molecule has 7 heteroatoms. The van der Waals surface area contributed by atoms with Gasteiger partial charge in [0, 0.05) is 29.7 Å². The first-order chi connectivity index (χ1) is 13.6. The molecule has 0 atom stereocenters. The third kappa shape index (κ3) is 3.83. The summed E-state index contributed by atoms with van der Waals surface area (Å²) in [5.74, 6) is -0.312. The first kappa shape index (κ1) is 17.7. The van der Waals surface area contributed by atoms with Crippen molar-refractivity contribution < 1.29 is 18.3 Å². The van der Waals surface area contributed by atoms with Gasteiger partial charge in [-0.25, -0.2) is 13.8 Å². The molecule has 0 radical (unpaired) electrons. The third-order valence-corrected chi connectivity index (χ3v) is 4.14. The van der Waals surface area contributed by atoms with Crippen LogP contribution >= 0.6 is 0 Å². The van der Waals surface area contributed by atoms with E-state index in [1.807, 2.05) is 0 Å². The second kappa shape index (κ2) is 7.48. The second-order valence-corrected chi connectivity index (χ2v) is 6.13. The van der Waals surface area contributed by atoms with Crippen molar-refractivity contribution in [3.8, 4) is 11.6 Å². The van der Waals surface area contributed by atoms with Crippen LogP contribution in [0.4, 0.5) is 8.78 Å². The summed E-state index contributed by atoms with van der Waals surface area (Å²) in [6, 6.07) is 15.1. The molecule has 0 aliphatic heterocycles. The number of carbonyl (C=O) groups excluding carboxylic acids is 1. The first-order valence-corrected chi connectivity index (χ1v) is 8.52. The smallest absolute Gasteiger partial charge is 0.267 e. The Morgan fingerprint density at radius 2 is 1.89 bits per heavy atom. The lowest BCUT2D eigenvalue weighted by molar-refractivity contribution is 0.0946. The topological polar surface area (TPSA) is 67.0 Å². The molecule has 4 rings (SSSR count). The zero-order valence-electron chi connectivity index (χ0n) is 14.6. The van der Waals surface area contributed by atoms with E-state index in [2.05, 4.69) is 15.3 Å². The molecule has 2 aromatic heterocycles. The van der Waals surface area contributed by atoms with Crippen molar-refractivity contribution in [2.45, 2.75) is 6.54 Å². The summed E-state index contributed by atoms with van der Waals surface area (Å²) in [6.07, 6.45) is 1.55. The largest absolute Gasteiger partial charge is 0.439 e. The van der Waals surface area contributed by atoms with Crippen LogP contribution in [-0.4, -0.2) is 15.9 Å². The van der Waals surface area contributed by atoms with Crippen molar-refractivity contribution in [1.29, 1.82) is 0 Å². The monoisotopic (exact) mass is 379 g/mol. The van der Waals surface area contributed by atoms with E-state index in [9.17, 15) is 13.6 Å². The second-order valence-electron chi connectivity index (χ2n) is 6.13. The number of halogens is 2. The minimum atomic E-state index is -0.385. The Morgan fingerprint density at radius 3 is 2.68 bits per heavy atom. The minimum absolute atomic E-state index is 0.235. The van der Waals surface area contributed by atoms with E-state index in [0.29, 0.717) is 22.5 Å². The molecule has 4 aromatic rings. The van der Waals surface area contributed by atoms with Gasteiger partial charge in [0.1, 0.15) is 23.1 Å². The minimum Gasteiger partial charge on any atom is -0.439 e. The summed E-state index contributed by atoms with van der Waals surface area (Å²) < 4.78 is 32.3. The summed E-state index contributed by atoms with van der Waals surface area (Å²) in [4.78, 5) is 19.4. The molecule has 0 bridgehead atoms. The van der Waals surface area contributed by atoms with Gasteiger partial charge in [-0.3, -0.25) is 4.79 Å². The number of aromatic amines is 1. The number of amides is 1. The molecule has 2 heterocycles. The maximum absolute atomic E-state index is 13.8. The Kier molecular flexibility index (Phi) is 4.72. The van der Waals surface area contributed by atoms with Gasteiger partial charge in [0.15, 0.2) is 0 Å². The Balaban J connectivity index is 1.43. The highest BCUT2D eigenvalue weighted by Crippen LogP contribution is 2.21. The molecule has 0 fully saturated rings. The van der Waals surface area contributed by atoms with Gasteiger partial charge in [0.2, 0.25) is 5.88 Å². The van der Waals surface area contributed by atoms with Crippen molar-refractivity contribution in [3.05, 3.63) is 89.8 Å². The van der Waals surface area contributed by atoms with E-state index in [1.54, 1.807) is 30.5 Å². The van der Waals surface area contributed by atoms with Gasteiger partial charge in [0.05, 0.1) is 0 Å². The van der Waals surface area contributed by atoms with Gasteiger partial charge < -0.3 is 15.0 Å². The van der Waals surface area contributed by atoms with Crippen LogP contribution in [0.5, 0.6) is 11.6 Å². The number of aromatic nitrogens is 2. The molecule has 2 aromatic carbocycles. The number of benzene rings is 2. The fourth-order valence-electron chi connectivity index (χ4n) is 2.76. The molecule has 1 amide bonds. The number of H-pyrrole nitrogens is 1. The SMILES string of the molecule is O=C(NCc1ccnc(Oc2ccc(F)cc2)c1)c1cc2c(F)cccc2[nH]1. The van der Waals surface area contributed by atoms with Crippen molar-refractivity contribution in [2.75, 3.05) is 0 Å². The summed E-state index contributed by atoms with van der Waals surface area (Å²) in [7, 11) is 0. The number of carbonyl (C=O) groups is 1. The normalized spacial score (nSPS) is 10.8. The highest BCUT2D eigenvalue weighted by Gasteiger charge is 2.11. The van der Waals surface area contributed by atoms with Crippen molar-refractivity contribution in [2.24, 2.45) is 0 Å². The Morgan fingerprint density at radius 1 is 1.07 bits per heavy atom. The summed E-state index contributed by atoms with van der Waals surface area (Å²) in [6.45, 7) is 0.235. The van der Waals surface area contributed by atoms with Crippen LogP contribution < -0.4 is 10.1 Å². The van der Waals surface area contributed by atoms with E-state index in [4.69, 9.17) is 4.74 Å². The van der Waals surface area contributed by atoms with Gasteiger partial charge in [-0.1, -0.05) is 6.07 Å². The first-order valence-electron chi connectivity index (χ1n) is 8.52. The molecule has 2 N–H and O–H groups in total. The lowest BCUT2D eigenvalue weighted by Crippen LogP contribution is -2.23. The number of rotatable bonds is 5. The molecule has 0 saturated heterocycles. The van der Waals surface area contributed by atoms with E-state index >= 15 is 0 Å². The van der Waals surface area contributed by atoms with Gasteiger partial charge in [-0.05, 0) is 54.1 Å². The van der Waals surface area contributed by atoms with Crippen LogP contribution in [-0.2, 0) is 6.54 Å². The van der Waals surface area contributed by atoms with Crippen molar-refractivity contribution in [3.63, 3.8) is 0 Å². The number of ether oxygens (including phenoxy) is 1. The molecule has 28 heavy (non-hydrogen) atoms. The van der Waals surface area contributed by atoms with Gasteiger partial charge in [0.25, 0.3) is 5.91 Å². The van der Waals surface area contributed by atoms with E-state index in [0.717, 1.165) is 5.56 Å². The molecular formula is C21H15F2N3O2.